The molecule has 2 saturated heterocycles. The Morgan fingerprint density at radius 3 is 2.06 bits per heavy atom. The van der Waals surface area contributed by atoms with Crippen molar-refractivity contribution in [3.63, 3.8) is 0 Å². The van der Waals surface area contributed by atoms with E-state index in [1.54, 1.807) is 9.80 Å². The van der Waals surface area contributed by atoms with Crippen LogP contribution in [-0.2, 0) is 19.0 Å². The van der Waals surface area contributed by atoms with E-state index in [2.05, 4.69) is 24.1 Å². The van der Waals surface area contributed by atoms with Gasteiger partial charge in [0.15, 0.2) is 0 Å². The van der Waals surface area contributed by atoms with Gasteiger partial charge in [-0.3, -0.25) is 9.69 Å². The predicted molar refractivity (Wildman–Crippen MR) is 129 cm³/mol. The fourth-order valence-electron chi connectivity index (χ4n) is 4.33. The number of hydrogen-bond acceptors (Lipinski definition) is 8. The van der Waals surface area contributed by atoms with E-state index >= 15 is 0 Å². The van der Waals surface area contributed by atoms with Crippen molar-refractivity contribution >= 4 is 18.2 Å². The highest BCUT2D eigenvalue weighted by atomic mass is 16.6. The lowest BCUT2D eigenvalue weighted by molar-refractivity contribution is -0.146. The van der Waals surface area contributed by atoms with E-state index < -0.39 is 17.3 Å². The van der Waals surface area contributed by atoms with E-state index in [0.29, 0.717) is 39.1 Å². The molecule has 0 bridgehead atoms. The summed E-state index contributed by atoms with van der Waals surface area (Å²) in [7, 11) is 1.41. The van der Waals surface area contributed by atoms with Gasteiger partial charge in [-0.1, -0.05) is 0 Å². The first-order chi connectivity index (χ1) is 15.6. The van der Waals surface area contributed by atoms with Gasteiger partial charge in [0, 0.05) is 44.8 Å². The minimum absolute atomic E-state index is 0.0592. The number of likely N-dealkylation sites (tertiary alicyclic amines) is 1. The number of carbonyl (C=O) groups is 3. The SMILES string of the molecule is COC(=O)[C@@H]1C[C@@H](NC[C@@H]2CN(C(=O)OC(C)(C)C)CCN2C(=O)OC(C)(C)C)CN1C(C)C. The zero-order chi connectivity index (χ0) is 25.8. The van der Waals surface area contributed by atoms with Gasteiger partial charge in [0.05, 0.1) is 13.2 Å². The Morgan fingerprint density at radius 1 is 0.941 bits per heavy atom. The Hall–Kier alpha value is -2.07. The highest BCUT2D eigenvalue weighted by Crippen LogP contribution is 2.23. The molecule has 0 aromatic rings. The van der Waals surface area contributed by atoms with Gasteiger partial charge >= 0.3 is 18.2 Å². The maximum absolute atomic E-state index is 12.9. The minimum atomic E-state index is -0.617. The molecule has 10 nitrogen and oxygen atoms in total. The van der Waals surface area contributed by atoms with E-state index in [-0.39, 0.29) is 36.2 Å². The molecular formula is C24H44N4O6. The van der Waals surface area contributed by atoms with Crippen molar-refractivity contribution in [2.45, 2.75) is 97.2 Å². The predicted octanol–water partition coefficient (Wildman–Crippen LogP) is 2.46. The Morgan fingerprint density at radius 2 is 1.53 bits per heavy atom. The molecule has 2 fully saturated rings. The minimum Gasteiger partial charge on any atom is -0.468 e. The summed E-state index contributed by atoms with van der Waals surface area (Å²) in [6.07, 6.45) is -0.162. The molecule has 2 aliphatic rings. The molecule has 3 atom stereocenters. The largest absolute Gasteiger partial charge is 0.468 e. The van der Waals surface area contributed by atoms with Crippen LogP contribution in [-0.4, -0.2) is 108 Å². The Kier molecular flexibility index (Phi) is 9.21. The molecular weight excluding hydrogens is 440 g/mol. The second-order valence-corrected chi connectivity index (χ2v) is 11.4. The molecule has 2 aliphatic heterocycles. The van der Waals surface area contributed by atoms with Crippen LogP contribution in [0.1, 0.15) is 61.8 Å². The lowest BCUT2D eigenvalue weighted by Gasteiger charge is -2.42. The summed E-state index contributed by atoms with van der Waals surface area (Å²) < 4.78 is 16.2. The number of ether oxygens (including phenoxy) is 3. The van der Waals surface area contributed by atoms with Crippen molar-refractivity contribution in [1.29, 1.82) is 0 Å². The standard InChI is InChI=1S/C24H44N4O6/c1-16(2)28-14-17(12-19(28)20(29)32-9)25-13-18-15-26(21(30)33-23(3,4)5)10-11-27(18)22(31)34-24(6,7)8/h16-19,25H,10-15H2,1-9H3/t17-,18-,19+/m1/s1. The van der Waals surface area contributed by atoms with Crippen molar-refractivity contribution in [2.24, 2.45) is 0 Å². The Labute approximate surface area is 204 Å². The van der Waals surface area contributed by atoms with Crippen molar-refractivity contribution in [3.8, 4) is 0 Å². The first-order valence-electron chi connectivity index (χ1n) is 12.2. The molecule has 2 rings (SSSR count). The van der Waals surface area contributed by atoms with Crippen LogP contribution in [0.5, 0.6) is 0 Å². The van der Waals surface area contributed by atoms with Crippen molar-refractivity contribution in [3.05, 3.63) is 0 Å². The number of nitrogens with zero attached hydrogens (tertiary/aromatic N) is 3. The van der Waals surface area contributed by atoms with E-state index in [1.165, 1.54) is 7.11 Å². The van der Waals surface area contributed by atoms with Crippen LogP contribution in [0.3, 0.4) is 0 Å². The van der Waals surface area contributed by atoms with Gasteiger partial charge in [0.25, 0.3) is 0 Å². The number of rotatable bonds is 5. The number of piperazine rings is 1. The summed E-state index contributed by atoms with van der Waals surface area (Å²) in [6.45, 7) is 17.3. The molecule has 0 saturated carbocycles. The molecule has 2 heterocycles. The molecule has 0 aromatic carbocycles. The van der Waals surface area contributed by atoms with Gasteiger partial charge in [-0.2, -0.15) is 0 Å². The average Bonchev–Trinajstić information content (AvgIpc) is 3.13. The molecule has 0 aliphatic carbocycles. The number of esters is 1. The smallest absolute Gasteiger partial charge is 0.410 e. The summed E-state index contributed by atoms with van der Waals surface area (Å²) in [4.78, 5) is 43.3. The third kappa shape index (κ3) is 8.01. The topological polar surface area (TPSA) is 101 Å². The van der Waals surface area contributed by atoms with Crippen LogP contribution in [0.15, 0.2) is 0 Å². The van der Waals surface area contributed by atoms with Crippen LogP contribution in [0.4, 0.5) is 9.59 Å². The number of carbonyl (C=O) groups excluding carboxylic acids is 3. The molecule has 0 radical (unpaired) electrons. The third-order valence-electron chi connectivity index (χ3n) is 5.88. The Bertz CT molecular complexity index is 730. The third-order valence-corrected chi connectivity index (χ3v) is 5.88. The maximum Gasteiger partial charge on any atom is 0.410 e. The monoisotopic (exact) mass is 484 g/mol. The fourth-order valence-corrected chi connectivity index (χ4v) is 4.33. The summed E-state index contributed by atoms with van der Waals surface area (Å²) in [5, 5.41) is 3.52. The highest BCUT2D eigenvalue weighted by molar-refractivity contribution is 5.76. The molecule has 0 unspecified atom stereocenters. The van der Waals surface area contributed by atoms with Gasteiger partial charge in [0.1, 0.15) is 17.2 Å². The summed E-state index contributed by atoms with van der Waals surface area (Å²) >= 11 is 0. The summed E-state index contributed by atoms with van der Waals surface area (Å²) in [5.74, 6) is -0.234. The second kappa shape index (κ2) is 11.1. The first-order valence-corrected chi connectivity index (χ1v) is 12.2. The normalized spacial score (nSPS) is 24.4. The molecule has 0 aromatic heterocycles. The van der Waals surface area contributed by atoms with Gasteiger partial charge in [0.2, 0.25) is 0 Å². The second-order valence-electron chi connectivity index (χ2n) is 11.4. The molecule has 10 heteroatoms. The molecule has 196 valence electrons. The van der Waals surface area contributed by atoms with Gasteiger partial charge < -0.3 is 29.3 Å². The van der Waals surface area contributed by atoms with Crippen molar-refractivity contribution < 1.29 is 28.6 Å². The van der Waals surface area contributed by atoms with Crippen LogP contribution in [0.2, 0.25) is 0 Å². The van der Waals surface area contributed by atoms with Crippen LogP contribution < -0.4 is 5.32 Å². The van der Waals surface area contributed by atoms with Crippen LogP contribution in [0, 0.1) is 0 Å². The molecule has 1 N–H and O–H groups in total. The van der Waals surface area contributed by atoms with E-state index in [1.807, 2.05) is 41.5 Å². The quantitative estimate of drug-likeness (QED) is 0.469. The molecule has 2 amide bonds. The number of amides is 2. The number of hydrogen-bond donors (Lipinski definition) is 1. The van der Waals surface area contributed by atoms with Gasteiger partial charge in [-0.05, 0) is 61.8 Å². The number of methoxy groups -OCH3 is 1. The Balaban J connectivity index is 2.11. The number of nitrogens with one attached hydrogen (secondary N) is 1. The van der Waals surface area contributed by atoms with Crippen LogP contribution in [0.25, 0.3) is 0 Å². The van der Waals surface area contributed by atoms with E-state index in [9.17, 15) is 14.4 Å². The van der Waals surface area contributed by atoms with Gasteiger partial charge in [-0.25, -0.2) is 9.59 Å². The summed E-state index contributed by atoms with van der Waals surface area (Å²) in [6, 6.07) is -0.328. The van der Waals surface area contributed by atoms with Crippen LogP contribution >= 0.6 is 0 Å². The summed E-state index contributed by atoms with van der Waals surface area (Å²) in [5.41, 5.74) is -1.21. The fraction of sp³-hybridized carbons (Fsp3) is 0.875. The average molecular weight is 485 g/mol. The molecule has 34 heavy (non-hydrogen) atoms. The zero-order valence-corrected chi connectivity index (χ0v) is 22.3. The first kappa shape index (κ1) is 28.2. The highest BCUT2D eigenvalue weighted by Gasteiger charge is 2.40. The zero-order valence-electron chi connectivity index (χ0n) is 22.3. The van der Waals surface area contributed by atoms with Crippen molar-refractivity contribution in [2.75, 3.05) is 39.8 Å². The molecule has 0 spiro atoms. The van der Waals surface area contributed by atoms with Gasteiger partial charge in [-0.15, -0.1) is 0 Å². The lowest BCUT2D eigenvalue weighted by atomic mass is 10.1. The lowest BCUT2D eigenvalue weighted by Crippen LogP contribution is -2.61. The maximum atomic E-state index is 12.9. The van der Waals surface area contributed by atoms with E-state index in [0.717, 1.165) is 0 Å². The van der Waals surface area contributed by atoms with E-state index in [4.69, 9.17) is 14.2 Å². The van der Waals surface area contributed by atoms with Crippen molar-refractivity contribution in [1.82, 2.24) is 20.0 Å².